The molecule has 156 valence electrons. The van der Waals surface area contributed by atoms with E-state index >= 15 is 0 Å². The van der Waals surface area contributed by atoms with Crippen molar-refractivity contribution in [3.8, 4) is 0 Å². The van der Waals surface area contributed by atoms with Gasteiger partial charge in [-0.25, -0.2) is 0 Å². The lowest BCUT2D eigenvalue weighted by Gasteiger charge is -2.46. The molecule has 0 aromatic heterocycles. The third-order valence-electron chi connectivity index (χ3n) is 6.93. The Morgan fingerprint density at radius 2 is 1.89 bits per heavy atom. The maximum atomic E-state index is 12.6. The maximum Gasteiger partial charge on any atom is 0.238 e. The number of piperidine rings is 1. The van der Waals surface area contributed by atoms with E-state index in [0.29, 0.717) is 12.0 Å². The minimum atomic E-state index is -0.391. The first-order chi connectivity index (χ1) is 13.1. The summed E-state index contributed by atoms with van der Waals surface area (Å²) in [6, 6.07) is 0.864. The van der Waals surface area contributed by atoms with Crippen molar-refractivity contribution in [2.45, 2.75) is 88.9 Å². The molecule has 1 amide bonds. The fraction of sp³-hybridized carbons (Fsp3) is 0.952. The smallest absolute Gasteiger partial charge is 0.238 e. The van der Waals surface area contributed by atoms with Gasteiger partial charge in [0.05, 0.1) is 12.1 Å². The number of carbonyl (C=O) groups excluding carboxylic acids is 1. The van der Waals surface area contributed by atoms with Crippen molar-refractivity contribution in [2.24, 2.45) is 5.92 Å². The predicted molar refractivity (Wildman–Crippen MR) is 108 cm³/mol. The van der Waals surface area contributed by atoms with Gasteiger partial charge in [-0.05, 0) is 57.8 Å². The third-order valence-corrected chi connectivity index (χ3v) is 7.16. The standard InChI is InChI=1S/C21H37ClN2O3/c1-2-27-15-16-7-8-18(13-16)23-11-9-17(10-12-23)24(21(26)14-22)19-5-3-4-6-20(19)25/h16-20,25H,2-15H2,1H3/t16-,18+,19-,20-/m0/s1. The predicted octanol–water partition coefficient (Wildman–Crippen LogP) is 3.03. The quantitative estimate of drug-likeness (QED) is 0.667. The van der Waals surface area contributed by atoms with Crippen LogP contribution >= 0.6 is 11.6 Å². The van der Waals surface area contributed by atoms with Crippen LogP contribution in [-0.2, 0) is 9.53 Å². The number of hydrogen-bond acceptors (Lipinski definition) is 4. The van der Waals surface area contributed by atoms with Crippen LogP contribution in [0.25, 0.3) is 0 Å². The van der Waals surface area contributed by atoms with Crippen molar-refractivity contribution in [1.82, 2.24) is 9.80 Å². The molecule has 2 saturated carbocycles. The molecule has 2 aliphatic carbocycles. The lowest BCUT2D eigenvalue weighted by molar-refractivity contribution is -0.139. The molecule has 3 fully saturated rings. The van der Waals surface area contributed by atoms with Gasteiger partial charge >= 0.3 is 0 Å². The van der Waals surface area contributed by atoms with Crippen molar-refractivity contribution in [1.29, 1.82) is 0 Å². The Balaban J connectivity index is 1.54. The summed E-state index contributed by atoms with van der Waals surface area (Å²) in [7, 11) is 0. The van der Waals surface area contributed by atoms with E-state index in [2.05, 4.69) is 11.8 Å². The molecule has 3 rings (SSSR count). The molecule has 1 heterocycles. The molecular weight excluding hydrogens is 364 g/mol. The average molecular weight is 401 g/mol. The van der Waals surface area contributed by atoms with E-state index in [1.54, 1.807) is 0 Å². The maximum absolute atomic E-state index is 12.6. The van der Waals surface area contributed by atoms with E-state index in [1.165, 1.54) is 19.3 Å². The lowest BCUT2D eigenvalue weighted by atomic mass is 9.88. The number of hydrogen-bond donors (Lipinski definition) is 1. The van der Waals surface area contributed by atoms with Gasteiger partial charge in [0, 0.05) is 38.4 Å². The molecule has 0 radical (unpaired) electrons. The second-order valence-corrected chi connectivity index (χ2v) is 8.88. The molecule has 6 heteroatoms. The van der Waals surface area contributed by atoms with E-state index < -0.39 is 6.10 Å². The molecule has 27 heavy (non-hydrogen) atoms. The number of aliphatic hydroxyl groups excluding tert-OH is 1. The molecule has 0 unspecified atom stereocenters. The summed E-state index contributed by atoms with van der Waals surface area (Å²) in [6.45, 7) is 5.87. The monoisotopic (exact) mass is 400 g/mol. The number of alkyl halides is 1. The molecule has 1 N–H and O–H groups in total. The molecule has 0 aromatic rings. The number of halogens is 1. The topological polar surface area (TPSA) is 53.0 Å². The van der Waals surface area contributed by atoms with Gasteiger partial charge in [0.25, 0.3) is 0 Å². The Bertz CT molecular complexity index is 470. The number of aliphatic hydroxyl groups is 1. The van der Waals surface area contributed by atoms with Crippen LogP contribution in [0.4, 0.5) is 0 Å². The number of carbonyl (C=O) groups is 1. The van der Waals surface area contributed by atoms with Gasteiger partial charge in [0.15, 0.2) is 0 Å². The van der Waals surface area contributed by atoms with Gasteiger partial charge in [-0.15, -0.1) is 11.6 Å². The van der Waals surface area contributed by atoms with Crippen LogP contribution in [0.3, 0.4) is 0 Å². The van der Waals surface area contributed by atoms with Gasteiger partial charge in [-0.3, -0.25) is 4.79 Å². The highest BCUT2D eigenvalue weighted by atomic mass is 35.5. The fourth-order valence-corrected chi connectivity index (χ4v) is 5.63. The van der Waals surface area contributed by atoms with Crippen LogP contribution in [0.1, 0.15) is 64.7 Å². The molecular formula is C21H37ClN2O3. The molecule has 0 spiro atoms. The Hall–Kier alpha value is -0.360. The van der Waals surface area contributed by atoms with Gasteiger partial charge in [0.1, 0.15) is 5.88 Å². The second-order valence-electron chi connectivity index (χ2n) is 8.61. The summed E-state index contributed by atoms with van der Waals surface area (Å²) in [5, 5.41) is 10.5. The summed E-state index contributed by atoms with van der Waals surface area (Å²) in [5.41, 5.74) is 0. The molecule has 4 atom stereocenters. The van der Waals surface area contributed by atoms with E-state index in [-0.39, 0.29) is 23.9 Å². The zero-order valence-electron chi connectivity index (χ0n) is 16.8. The van der Waals surface area contributed by atoms with E-state index in [4.69, 9.17) is 16.3 Å². The first-order valence-corrected chi connectivity index (χ1v) is 11.5. The van der Waals surface area contributed by atoms with Crippen LogP contribution in [0.5, 0.6) is 0 Å². The Labute approximate surface area is 169 Å². The minimum Gasteiger partial charge on any atom is -0.391 e. The van der Waals surface area contributed by atoms with E-state index in [1.807, 2.05) is 4.90 Å². The van der Waals surface area contributed by atoms with Crippen LogP contribution in [0, 0.1) is 5.92 Å². The summed E-state index contributed by atoms with van der Waals surface area (Å²) in [4.78, 5) is 17.2. The third kappa shape index (κ3) is 5.37. The first-order valence-electron chi connectivity index (χ1n) is 11.0. The van der Waals surface area contributed by atoms with Crippen LogP contribution in [0.15, 0.2) is 0 Å². The summed E-state index contributed by atoms with van der Waals surface area (Å²) in [6.07, 6.45) is 9.26. The van der Waals surface area contributed by atoms with Crippen molar-refractivity contribution in [3.05, 3.63) is 0 Å². The highest BCUT2D eigenvalue weighted by Gasteiger charge is 2.39. The second kappa shape index (κ2) is 10.4. The Kier molecular flexibility index (Phi) is 8.24. The highest BCUT2D eigenvalue weighted by molar-refractivity contribution is 6.27. The molecule has 0 bridgehead atoms. The van der Waals surface area contributed by atoms with Gasteiger partial charge < -0.3 is 19.6 Å². The molecule has 5 nitrogen and oxygen atoms in total. The molecule has 1 aliphatic heterocycles. The van der Waals surface area contributed by atoms with Crippen molar-refractivity contribution in [2.75, 3.05) is 32.2 Å². The number of rotatable bonds is 7. The van der Waals surface area contributed by atoms with Crippen molar-refractivity contribution < 1.29 is 14.6 Å². The lowest BCUT2D eigenvalue weighted by Crippen LogP contribution is -2.57. The van der Waals surface area contributed by atoms with Gasteiger partial charge in [-0.2, -0.15) is 0 Å². The summed E-state index contributed by atoms with van der Waals surface area (Å²) >= 11 is 5.93. The van der Waals surface area contributed by atoms with Crippen molar-refractivity contribution in [3.63, 3.8) is 0 Å². The summed E-state index contributed by atoms with van der Waals surface area (Å²) < 4.78 is 5.62. The SMILES string of the molecule is CCOC[C@H]1CC[C@@H](N2CCC(N(C(=O)CCl)[C@H]3CCCC[C@@H]3O)CC2)C1. The number of amides is 1. The zero-order valence-corrected chi connectivity index (χ0v) is 17.6. The van der Waals surface area contributed by atoms with E-state index in [9.17, 15) is 9.90 Å². The number of nitrogens with zero attached hydrogens (tertiary/aromatic N) is 2. The first kappa shape index (κ1) is 21.4. The molecule has 0 aromatic carbocycles. The molecule has 3 aliphatic rings. The Morgan fingerprint density at radius 1 is 1.15 bits per heavy atom. The van der Waals surface area contributed by atoms with Crippen LogP contribution in [-0.4, -0.2) is 77.2 Å². The fourth-order valence-electron chi connectivity index (χ4n) is 5.49. The van der Waals surface area contributed by atoms with Crippen LogP contribution < -0.4 is 0 Å². The van der Waals surface area contributed by atoms with Gasteiger partial charge in [0.2, 0.25) is 5.91 Å². The largest absolute Gasteiger partial charge is 0.391 e. The highest BCUT2D eigenvalue weighted by Crippen LogP contribution is 2.33. The molecule has 1 saturated heterocycles. The van der Waals surface area contributed by atoms with E-state index in [0.717, 1.165) is 64.8 Å². The number of likely N-dealkylation sites (tertiary alicyclic amines) is 1. The van der Waals surface area contributed by atoms with Gasteiger partial charge in [-0.1, -0.05) is 12.8 Å². The average Bonchev–Trinajstić information content (AvgIpc) is 3.17. The summed E-state index contributed by atoms with van der Waals surface area (Å²) in [5.74, 6) is 0.726. The minimum absolute atomic E-state index is 0.00119. The normalized spacial score (nSPS) is 33.3. The van der Waals surface area contributed by atoms with Crippen LogP contribution in [0.2, 0.25) is 0 Å². The zero-order chi connectivity index (χ0) is 19.2. The number of ether oxygens (including phenoxy) is 1. The van der Waals surface area contributed by atoms with Crippen molar-refractivity contribution >= 4 is 17.5 Å². The Morgan fingerprint density at radius 3 is 2.56 bits per heavy atom.